The molecule has 1 aliphatic rings. The highest BCUT2D eigenvalue weighted by Gasteiger charge is 2.40. The molecule has 1 heterocycles. The van der Waals surface area contributed by atoms with E-state index in [0.29, 0.717) is 16.2 Å². The maximum Gasteiger partial charge on any atom is 0.255 e. The Morgan fingerprint density at radius 1 is 1.21 bits per heavy atom. The van der Waals surface area contributed by atoms with Crippen LogP contribution in [0.1, 0.15) is 38.2 Å². The van der Waals surface area contributed by atoms with Gasteiger partial charge in [-0.25, -0.2) is 4.39 Å². The van der Waals surface area contributed by atoms with Crippen molar-refractivity contribution in [3.05, 3.63) is 75.4 Å². The second kappa shape index (κ2) is 7.81. The molecule has 3 aromatic rings. The van der Waals surface area contributed by atoms with Crippen LogP contribution in [-0.4, -0.2) is 17.1 Å². The van der Waals surface area contributed by atoms with Gasteiger partial charge in [-0.15, -0.1) is 0 Å². The highest BCUT2D eigenvalue weighted by molar-refractivity contribution is 6.32. The summed E-state index contributed by atoms with van der Waals surface area (Å²) in [5.74, 6) is 0.347. The van der Waals surface area contributed by atoms with Gasteiger partial charge in [0, 0.05) is 23.0 Å². The number of hydrogen-bond donors (Lipinski definition) is 2. The lowest BCUT2D eigenvalue weighted by Gasteiger charge is -2.43. The van der Waals surface area contributed by atoms with Crippen molar-refractivity contribution in [1.29, 1.82) is 0 Å². The number of hydrogen-bond acceptors (Lipinski definition) is 3. The molecule has 1 saturated carbocycles. The largest absolute Gasteiger partial charge is 0.489 e. The summed E-state index contributed by atoms with van der Waals surface area (Å²) < 4.78 is 19.6. The van der Waals surface area contributed by atoms with Gasteiger partial charge in [-0.1, -0.05) is 23.7 Å². The smallest absolute Gasteiger partial charge is 0.255 e. The summed E-state index contributed by atoms with van der Waals surface area (Å²) in [5.41, 5.74) is 7.10. The number of ether oxygens (including phenoxy) is 1. The molecule has 1 aliphatic carbocycles. The summed E-state index contributed by atoms with van der Waals surface area (Å²) in [6, 6.07) is 11.9. The van der Waals surface area contributed by atoms with Crippen LogP contribution in [0, 0.1) is 5.82 Å². The molecule has 152 valence electrons. The zero-order valence-electron chi connectivity index (χ0n) is 16.3. The number of H-pyrrole nitrogens is 1. The van der Waals surface area contributed by atoms with Crippen LogP contribution in [0.3, 0.4) is 0 Å². The molecule has 0 spiro atoms. The van der Waals surface area contributed by atoms with E-state index in [2.05, 4.69) is 4.98 Å². The van der Waals surface area contributed by atoms with E-state index in [0.717, 1.165) is 36.6 Å². The van der Waals surface area contributed by atoms with Crippen molar-refractivity contribution in [1.82, 2.24) is 4.98 Å². The van der Waals surface area contributed by atoms with Crippen molar-refractivity contribution in [2.45, 2.75) is 50.2 Å². The van der Waals surface area contributed by atoms with Crippen LogP contribution in [0.4, 0.5) is 4.39 Å². The van der Waals surface area contributed by atoms with Crippen LogP contribution < -0.4 is 16.0 Å². The Balaban J connectivity index is 1.53. The summed E-state index contributed by atoms with van der Waals surface area (Å²) >= 11 is 6.38. The Morgan fingerprint density at radius 2 is 1.90 bits per heavy atom. The minimum absolute atomic E-state index is 0.0132. The molecule has 0 aliphatic heterocycles. The molecule has 29 heavy (non-hydrogen) atoms. The van der Waals surface area contributed by atoms with Crippen LogP contribution in [0.2, 0.25) is 5.02 Å². The van der Waals surface area contributed by atoms with E-state index in [4.69, 9.17) is 22.1 Å². The standard InChI is InChI=1S/C23H24ClFN2O2/c1-14(26)23(16-2-4-17(25)5-3-16)9-6-18(7-10-23)29-21-12-15-8-11-27-22(28)19(15)13-20(21)24/h2-5,8,11-14,18H,6-7,9-10,26H2,1H3,(H,27,28)/t14-,18-,23-/m0/s1. The summed E-state index contributed by atoms with van der Waals surface area (Å²) in [7, 11) is 0. The Labute approximate surface area is 173 Å². The monoisotopic (exact) mass is 414 g/mol. The van der Waals surface area contributed by atoms with E-state index in [1.54, 1.807) is 12.3 Å². The van der Waals surface area contributed by atoms with E-state index < -0.39 is 0 Å². The topological polar surface area (TPSA) is 68.1 Å². The van der Waals surface area contributed by atoms with Gasteiger partial charge in [-0.05, 0) is 73.9 Å². The molecule has 1 aromatic heterocycles. The minimum atomic E-state index is -0.240. The molecule has 0 radical (unpaired) electrons. The lowest BCUT2D eigenvalue weighted by atomic mass is 9.65. The molecule has 4 nitrogen and oxygen atoms in total. The lowest BCUT2D eigenvalue weighted by molar-refractivity contribution is 0.107. The quantitative estimate of drug-likeness (QED) is 0.636. The average molecular weight is 415 g/mol. The van der Waals surface area contributed by atoms with E-state index in [1.807, 2.05) is 31.2 Å². The number of aromatic amines is 1. The van der Waals surface area contributed by atoms with Crippen molar-refractivity contribution >= 4 is 22.4 Å². The number of halogens is 2. The fourth-order valence-electron chi connectivity index (χ4n) is 4.47. The summed E-state index contributed by atoms with van der Waals surface area (Å²) in [6.07, 6.45) is 4.98. The van der Waals surface area contributed by atoms with E-state index >= 15 is 0 Å². The van der Waals surface area contributed by atoms with E-state index in [-0.39, 0.29) is 28.9 Å². The summed E-state index contributed by atoms with van der Waals surface area (Å²) in [4.78, 5) is 14.6. The Kier molecular flexibility index (Phi) is 5.36. The van der Waals surface area contributed by atoms with Gasteiger partial charge < -0.3 is 15.5 Å². The maximum absolute atomic E-state index is 13.4. The van der Waals surface area contributed by atoms with Crippen LogP contribution in [0.5, 0.6) is 5.75 Å². The second-order valence-electron chi connectivity index (χ2n) is 7.95. The SMILES string of the molecule is C[C@H](N)[C@]1(c2ccc(F)cc2)CC[C@H](Oc2cc3cc[nH]c(=O)c3cc2Cl)CC1. The summed E-state index contributed by atoms with van der Waals surface area (Å²) in [6.45, 7) is 2.02. The van der Waals surface area contributed by atoms with Crippen molar-refractivity contribution in [3.8, 4) is 5.75 Å². The Morgan fingerprint density at radius 3 is 2.55 bits per heavy atom. The zero-order valence-corrected chi connectivity index (χ0v) is 17.0. The van der Waals surface area contributed by atoms with Crippen LogP contribution in [-0.2, 0) is 5.41 Å². The average Bonchev–Trinajstić information content (AvgIpc) is 2.70. The molecule has 0 saturated heterocycles. The molecule has 4 rings (SSSR count). The molecular formula is C23H24ClFN2O2. The second-order valence-corrected chi connectivity index (χ2v) is 8.35. The molecule has 6 heteroatoms. The first-order valence-electron chi connectivity index (χ1n) is 9.88. The third kappa shape index (κ3) is 3.77. The minimum Gasteiger partial charge on any atom is -0.489 e. The maximum atomic E-state index is 13.4. The van der Waals surface area contributed by atoms with Crippen LogP contribution in [0.15, 0.2) is 53.5 Å². The third-order valence-electron chi connectivity index (χ3n) is 6.24. The first kappa shape index (κ1) is 19.9. The molecule has 1 fully saturated rings. The van der Waals surface area contributed by atoms with Crippen molar-refractivity contribution in [2.75, 3.05) is 0 Å². The molecule has 0 amide bonds. The van der Waals surface area contributed by atoms with Crippen molar-refractivity contribution in [2.24, 2.45) is 5.73 Å². The van der Waals surface area contributed by atoms with Crippen molar-refractivity contribution in [3.63, 3.8) is 0 Å². The van der Waals surface area contributed by atoms with Gasteiger partial charge in [-0.2, -0.15) is 0 Å². The number of aromatic nitrogens is 1. The third-order valence-corrected chi connectivity index (χ3v) is 6.53. The first-order chi connectivity index (χ1) is 13.9. The predicted octanol–water partition coefficient (Wildman–Crippen LogP) is 4.93. The van der Waals surface area contributed by atoms with Gasteiger partial charge in [0.15, 0.2) is 0 Å². The number of nitrogens with one attached hydrogen (secondary N) is 1. The number of fused-ring (bicyclic) bond motifs is 1. The molecular weight excluding hydrogens is 391 g/mol. The number of benzene rings is 2. The number of rotatable bonds is 4. The van der Waals surface area contributed by atoms with Gasteiger partial charge in [-0.3, -0.25) is 4.79 Å². The Bertz CT molecular complexity index is 1070. The summed E-state index contributed by atoms with van der Waals surface area (Å²) in [5, 5.41) is 1.76. The van der Waals surface area contributed by atoms with Gasteiger partial charge >= 0.3 is 0 Å². The highest BCUT2D eigenvalue weighted by Crippen LogP contribution is 2.43. The Hall–Kier alpha value is -2.37. The van der Waals surface area contributed by atoms with Crippen LogP contribution in [0.25, 0.3) is 10.8 Å². The first-order valence-corrected chi connectivity index (χ1v) is 10.3. The van der Waals surface area contributed by atoms with Crippen molar-refractivity contribution < 1.29 is 9.13 Å². The molecule has 0 unspecified atom stereocenters. The van der Waals surface area contributed by atoms with Gasteiger partial charge in [0.05, 0.1) is 11.1 Å². The predicted molar refractivity (Wildman–Crippen MR) is 114 cm³/mol. The zero-order chi connectivity index (χ0) is 20.6. The lowest BCUT2D eigenvalue weighted by Crippen LogP contribution is -2.47. The highest BCUT2D eigenvalue weighted by atomic mass is 35.5. The van der Waals surface area contributed by atoms with Gasteiger partial charge in [0.25, 0.3) is 5.56 Å². The normalized spacial score (nSPS) is 23.1. The van der Waals surface area contributed by atoms with E-state index in [1.165, 1.54) is 12.1 Å². The fourth-order valence-corrected chi connectivity index (χ4v) is 4.68. The molecule has 0 bridgehead atoms. The van der Waals surface area contributed by atoms with Gasteiger partial charge in [0.1, 0.15) is 11.6 Å². The number of nitrogens with two attached hydrogens (primary N) is 1. The molecule has 1 atom stereocenters. The molecule has 3 N–H and O–H groups in total. The van der Waals surface area contributed by atoms with E-state index in [9.17, 15) is 9.18 Å². The van der Waals surface area contributed by atoms with Crippen LogP contribution >= 0.6 is 11.6 Å². The van der Waals surface area contributed by atoms with Gasteiger partial charge in [0.2, 0.25) is 0 Å². The fraction of sp³-hybridized carbons (Fsp3) is 0.348. The number of pyridine rings is 1. The molecule has 2 aromatic carbocycles.